The van der Waals surface area contributed by atoms with Crippen LogP contribution in [-0.4, -0.2) is 62.2 Å². The number of rotatable bonds is 9. The van der Waals surface area contributed by atoms with Gasteiger partial charge >= 0.3 is 0 Å². The summed E-state index contributed by atoms with van der Waals surface area (Å²) in [4.78, 5) is 26.6. The van der Waals surface area contributed by atoms with Gasteiger partial charge in [0.2, 0.25) is 5.82 Å². The van der Waals surface area contributed by atoms with Crippen molar-refractivity contribution in [1.29, 1.82) is 0 Å². The zero-order valence-electron chi connectivity index (χ0n) is 21.3. The second-order valence-electron chi connectivity index (χ2n) is 9.36. The summed E-state index contributed by atoms with van der Waals surface area (Å²) < 4.78 is 20.0. The summed E-state index contributed by atoms with van der Waals surface area (Å²) in [5, 5.41) is 10.6. The average Bonchev–Trinajstić information content (AvgIpc) is 3.40. The lowest BCUT2D eigenvalue weighted by atomic mass is 10.0. The molecule has 0 bridgehead atoms. The quantitative estimate of drug-likeness (QED) is 0.340. The van der Waals surface area contributed by atoms with Crippen LogP contribution in [0.15, 0.2) is 54.9 Å². The number of halogens is 1. The van der Waals surface area contributed by atoms with Crippen molar-refractivity contribution in [2.75, 3.05) is 31.6 Å². The van der Waals surface area contributed by atoms with Crippen molar-refractivity contribution in [3.05, 3.63) is 83.5 Å². The van der Waals surface area contributed by atoms with E-state index >= 15 is 0 Å². The SMILES string of the molecule is Cc1ccc(OCCN2CCCCC2)cc1-c1cc(NC(=O)c2nnc(Cc3ccccc3F)[nH]2)ncn1. The number of likely N-dealkylation sites (tertiary alicyclic amines) is 1. The summed E-state index contributed by atoms with van der Waals surface area (Å²) in [7, 11) is 0. The lowest BCUT2D eigenvalue weighted by molar-refractivity contribution is 0.101. The van der Waals surface area contributed by atoms with E-state index in [2.05, 4.69) is 35.4 Å². The fourth-order valence-corrected chi connectivity index (χ4v) is 4.49. The van der Waals surface area contributed by atoms with Gasteiger partial charge in [-0.3, -0.25) is 9.69 Å². The monoisotopic (exact) mass is 515 g/mol. The number of anilines is 1. The van der Waals surface area contributed by atoms with Crippen LogP contribution in [0.25, 0.3) is 11.3 Å². The van der Waals surface area contributed by atoms with Crippen molar-refractivity contribution in [2.24, 2.45) is 0 Å². The number of nitrogens with zero attached hydrogens (tertiary/aromatic N) is 5. The molecular weight excluding hydrogens is 485 g/mol. The van der Waals surface area contributed by atoms with Crippen LogP contribution in [0.5, 0.6) is 5.75 Å². The molecule has 0 spiro atoms. The number of aromatic amines is 1. The smallest absolute Gasteiger partial charge is 0.294 e. The molecule has 0 saturated carbocycles. The Labute approximate surface area is 220 Å². The molecule has 10 heteroatoms. The predicted molar refractivity (Wildman–Crippen MR) is 142 cm³/mol. The number of hydrogen-bond acceptors (Lipinski definition) is 7. The molecule has 4 aromatic rings. The molecule has 9 nitrogen and oxygen atoms in total. The Hall–Kier alpha value is -4.18. The number of hydrogen-bond donors (Lipinski definition) is 2. The summed E-state index contributed by atoms with van der Waals surface area (Å²) in [5.41, 5.74) is 3.04. The third-order valence-electron chi connectivity index (χ3n) is 6.58. The third-order valence-corrected chi connectivity index (χ3v) is 6.58. The highest BCUT2D eigenvalue weighted by atomic mass is 19.1. The Bertz CT molecular complexity index is 1400. The number of H-pyrrole nitrogens is 1. The molecule has 1 aliphatic heterocycles. The van der Waals surface area contributed by atoms with Gasteiger partial charge in [0.15, 0.2) is 0 Å². The van der Waals surface area contributed by atoms with Gasteiger partial charge in [0.1, 0.15) is 36.1 Å². The van der Waals surface area contributed by atoms with Crippen LogP contribution < -0.4 is 10.1 Å². The van der Waals surface area contributed by atoms with Crippen LogP contribution in [0.4, 0.5) is 10.2 Å². The molecule has 1 amide bonds. The van der Waals surface area contributed by atoms with Crippen LogP contribution in [0.1, 0.15) is 46.8 Å². The molecule has 2 N–H and O–H groups in total. The molecule has 1 saturated heterocycles. The van der Waals surface area contributed by atoms with E-state index < -0.39 is 5.91 Å². The van der Waals surface area contributed by atoms with E-state index in [0.717, 1.165) is 36.5 Å². The maximum atomic E-state index is 13.9. The van der Waals surface area contributed by atoms with E-state index in [9.17, 15) is 9.18 Å². The van der Waals surface area contributed by atoms with Crippen molar-refractivity contribution in [1.82, 2.24) is 30.0 Å². The molecular formula is C28H30FN7O2. The fraction of sp³-hybridized carbons (Fsp3) is 0.321. The zero-order chi connectivity index (χ0) is 26.3. The molecule has 38 heavy (non-hydrogen) atoms. The Balaban J connectivity index is 1.23. The van der Waals surface area contributed by atoms with Crippen molar-refractivity contribution in [3.63, 3.8) is 0 Å². The van der Waals surface area contributed by atoms with Crippen LogP contribution in [0, 0.1) is 12.7 Å². The van der Waals surface area contributed by atoms with E-state index in [0.29, 0.717) is 29.5 Å². The Kier molecular flexibility index (Phi) is 7.98. The maximum absolute atomic E-state index is 13.9. The molecule has 196 valence electrons. The van der Waals surface area contributed by atoms with Gasteiger partial charge in [-0.1, -0.05) is 30.7 Å². The second-order valence-corrected chi connectivity index (χ2v) is 9.36. The van der Waals surface area contributed by atoms with Gasteiger partial charge in [0.25, 0.3) is 5.91 Å². The van der Waals surface area contributed by atoms with Crippen LogP contribution in [-0.2, 0) is 6.42 Å². The maximum Gasteiger partial charge on any atom is 0.294 e. The first kappa shape index (κ1) is 25.5. The Morgan fingerprint density at radius 3 is 2.76 bits per heavy atom. The molecule has 2 aromatic heterocycles. The lowest BCUT2D eigenvalue weighted by Gasteiger charge is -2.26. The second kappa shape index (κ2) is 11.9. The number of nitrogens with one attached hydrogen (secondary N) is 2. The molecule has 2 aromatic carbocycles. The first-order valence-electron chi connectivity index (χ1n) is 12.8. The standard InChI is InChI=1S/C28H30FN7O2/c1-19-9-10-21(38-14-13-36-11-5-2-6-12-36)16-22(19)24-17-25(31-18-30-24)33-28(37)27-32-26(34-35-27)15-20-7-3-4-8-23(20)29/h3-4,7-10,16-18H,2,5-6,11-15H2,1H3,(H,32,34,35)(H,30,31,33,37). The van der Waals surface area contributed by atoms with Crippen molar-refractivity contribution in [2.45, 2.75) is 32.6 Å². The average molecular weight is 516 g/mol. The third kappa shape index (κ3) is 6.38. The minimum absolute atomic E-state index is 0.0109. The van der Waals surface area contributed by atoms with Gasteiger partial charge in [-0.15, -0.1) is 10.2 Å². The minimum atomic E-state index is -0.506. The van der Waals surface area contributed by atoms with E-state index in [-0.39, 0.29) is 18.1 Å². The minimum Gasteiger partial charge on any atom is -0.492 e. The summed E-state index contributed by atoms with van der Waals surface area (Å²) in [6.07, 6.45) is 5.42. The number of amides is 1. The molecule has 1 aliphatic rings. The summed E-state index contributed by atoms with van der Waals surface area (Å²) in [6.45, 7) is 5.82. The highest BCUT2D eigenvalue weighted by Gasteiger charge is 2.16. The number of aryl methyl sites for hydroxylation is 1. The normalized spacial score (nSPS) is 13.8. The van der Waals surface area contributed by atoms with Crippen molar-refractivity contribution < 1.29 is 13.9 Å². The Morgan fingerprint density at radius 2 is 1.92 bits per heavy atom. The number of carbonyl (C=O) groups is 1. The Morgan fingerprint density at radius 1 is 1.08 bits per heavy atom. The fourth-order valence-electron chi connectivity index (χ4n) is 4.49. The molecule has 3 heterocycles. The van der Waals surface area contributed by atoms with Gasteiger partial charge in [-0.05, 0) is 62.2 Å². The van der Waals surface area contributed by atoms with Gasteiger partial charge in [0.05, 0.1) is 5.69 Å². The number of ether oxygens (including phenoxy) is 1. The predicted octanol–water partition coefficient (Wildman–Crippen LogP) is 4.42. The van der Waals surface area contributed by atoms with E-state index in [1.807, 2.05) is 25.1 Å². The van der Waals surface area contributed by atoms with Crippen molar-refractivity contribution in [3.8, 4) is 17.0 Å². The number of aromatic nitrogens is 5. The molecule has 0 unspecified atom stereocenters. The number of piperidine rings is 1. The molecule has 0 aliphatic carbocycles. The first-order chi connectivity index (χ1) is 18.5. The summed E-state index contributed by atoms with van der Waals surface area (Å²) in [6, 6.07) is 14.0. The summed E-state index contributed by atoms with van der Waals surface area (Å²) in [5.74, 6) is 0.649. The topological polar surface area (TPSA) is 109 Å². The van der Waals surface area contributed by atoms with E-state index in [1.165, 1.54) is 31.7 Å². The van der Waals surface area contributed by atoms with Gasteiger partial charge < -0.3 is 15.0 Å². The molecule has 0 atom stereocenters. The largest absolute Gasteiger partial charge is 0.492 e. The number of benzene rings is 2. The van der Waals surface area contributed by atoms with Gasteiger partial charge in [0, 0.05) is 24.6 Å². The summed E-state index contributed by atoms with van der Waals surface area (Å²) >= 11 is 0. The number of carbonyl (C=O) groups excluding carboxylic acids is 1. The van der Waals surface area contributed by atoms with Gasteiger partial charge in [-0.25, -0.2) is 14.4 Å². The highest BCUT2D eigenvalue weighted by Crippen LogP contribution is 2.27. The van der Waals surface area contributed by atoms with Crippen molar-refractivity contribution >= 4 is 11.7 Å². The highest BCUT2D eigenvalue weighted by molar-refractivity contribution is 6.01. The zero-order valence-corrected chi connectivity index (χ0v) is 21.3. The van der Waals surface area contributed by atoms with Crippen LogP contribution in [0.2, 0.25) is 0 Å². The van der Waals surface area contributed by atoms with E-state index in [1.54, 1.807) is 24.3 Å². The van der Waals surface area contributed by atoms with Gasteiger partial charge in [-0.2, -0.15) is 0 Å². The lowest BCUT2D eigenvalue weighted by Crippen LogP contribution is -2.33. The molecule has 1 fully saturated rings. The molecule has 5 rings (SSSR count). The first-order valence-corrected chi connectivity index (χ1v) is 12.8. The van der Waals surface area contributed by atoms with Crippen LogP contribution in [0.3, 0.4) is 0 Å². The van der Waals surface area contributed by atoms with E-state index in [4.69, 9.17) is 4.74 Å². The molecule has 0 radical (unpaired) electrons. The van der Waals surface area contributed by atoms with Crippen LogP contribution >= 0.6 is 0 Å².